The van der Waals surface area contributed by atoms with E-state index in [2.05, 4.69) is 0 Å². The number of carbonyl (C=O) groups excluding carboxylic acids is 1. The van der Waals surface area contributed by atoms with E-state index >= 15 is 0 Å². The van der Waals surface area contributed by atoms with Crippen LogP contribution in [0.1, 0.15) is 34.3 Å². The van der Waals surface area contributed by atoms with Crippen molar-refractivity contribution in [1.82, 2.24) is 0 Å². The van der Waals surface area contributed by atoms with Gasteiger partial charge in [0.1, 0.15) is 12.4 Å². The van der Waals surface area contributed by atoms with Gasteiger partial charge < -0.3 is 4.74 Å². The monoisotopic (exact) mass is 302 g/mol. The molecular weight excluding hydrogens is 284 g/mol. The number of ether oxygens (including phenoxy) is 1. The summed E-state index contributed by atoms with van der Waals surface area (Å²) in [7, 11) is 0. The molecule has 2 nitrogen and oxygen atoms in total. The van der Waals surface area contributed by atoms with Crippen molar-refractivity contribution in [2.45, 2.75) is 26.4 Å². The number of ketones is 1. The van der Waals surface area contributed by atoms with Gasteiger partial charge in [-0.15, -0.1) is 11.6 Å². The summed E-state index contributed by atoms with van der Waals surface area (Å²) in [5.74, 6) is 1.44. The topological polar surface area (TPSA) is 26.3 Å². The van der Waals surface area contributed by atoms with E-state index < -0.39 is 0 Å². The summed E-state index contributed by atoms with van der Waals surface area (Å²) in [6.45, 7) is 2.46. The highest BCUT2D eigenvalue weighted by Gasteiger charge is 2.09. The van der Waals surface area contributed by atoms with Crippen LogP contribution in [-0.2, 0) is 6.61 Å². The zero-order chi connectivity index (χ0) is 15.1. The van der Waals surface area contributed by atoms with Crippen molar-refractivity contribution in [1.29, 1.82) is 0 Å². The van der Waals surface area contributed by atoms with Crippen molar-refractivity contribution in [3.05, 3.63) is 65.2 Å². The molecule has 0 saturated heterocycles. The Hall–Kier alpha value is -1.80. The zero-order valence-corrected chi connectivity index (χ0v) is 12.9. The number of alkyl halides is 1. The summed E-state index contributed by atoms with van der Waals surface area (Å²) >= 11 is 5.63. The first-order valence-electron chi connectivity index (χ1n) is 7.07. The Balaban J connectivity index is 2.00. The molecule has 0 spiro atoms. The van der Waals surface area contributed by atoms with Crippen LogP contribution < -0.4 is 4.74 Å². The smallest absolute Gasteiger partial charge is 0.163 e. The summed E-state index contributed by atoms with van der Waals surface area (Å²) in [6, 6.07) is 15.6. The molecular formula is C18H19ClO2. The highest BCUT2D eigenvalue weighted by atomic mass is 35.5. The Morgan fingerprint density at radius 2 is 1.90 bits per heavy atom. The molecule has 0 aliphatic rings. The van der Waals surface area contributed by atoms with Gasteiger partial charge in [-0.25, -0.2) is 0 Å². The summed E-state index contributed by atoms with van der Waals surface area (Å²) in [6.07, 6.45) is 1.21. The Kier molecular flexibility index (Phi) is 5.82. The molecule has 0 aliphatic carbocycles. The van der Waals surface area contributed by atoms with Gasteiger partial charge in [-0.3, -0.25) is 4.79 Å². The van der Waals surface area contributed by atoms with E-state index in [4.69, 9.17) is 16.3 Å². The summed E-state index contributed by atoms with van der Waals surface area (Å²) < 4.78 is 5.76. The van der Waals surface area contributed by atoms with E-state index in [1.54, 1.807) is 0 Å². The Labute approximate surface area is 130 Å². The zero-order valence-electron chi connectivity index (χ0n) is 12.1. The van der Waals surface area contributed by atoms with Crippen molar-refractivity contribution in [2.24, 2.45) is 0 Å². The average molecular weight is 303 g/mol. The normalized spacial score (nSPS) is 10.4. The number of halogens is 1. The fourth-order valence-electron chi connectivity index (χ4n) is 2.14. The lowest BCUT2D eigenvalue weighted by Gasteiger charge is -2.10. The minimum absolute atomic E-state index is 0.141. The number of carbonyl (C=O) groups is 1. The molecule has 110 valence electrons. The number of benzene rings is 2. The van der Waals surface area contributed by atoms with Crippen LogP contribution in [0, 0.1) is 6.92 Å². The van der Waals surface area contributed by atoms with Gasteiger partial charge in [0.25, 0.3) is 0 Å². The van der Waals surface area contributed by atoms with Crippen LogP contribution in [-0.4, -0.2) is 11.7 Å². The molecule has 2 rings (SSSR count). The van der Waals surface area contributed by atoms with E-state index in [0.717, 1.165) is 22.4 Å². The largest absolute Gasteiger partial charge is 0.489 e. The fourth-order valence-corrected chi connectivity index (χ4v) is 2.28. The van der Waals surface area contributed by atoms with E-state index in [1.165, 1.54) is 0 Å². The maximum atomic E-state index is 12.0. The van der Waals surface area contributed by atoms with Gasteiger partial charge in [-0.05, 0) is 42.7 Å². The van der Waals surface area contributed by atoms with Gasteiger partial charge in [0.2, 0.25) is 0 Å². The molecule has 0 unspecified atom stereocenters. The predicted octanol–water partition coefficient (Wildman–Crippen LogP) is 4.78. The van der Waals surface area contributed by atoms with Gasteiger partial charge >= 0.3 is 0 Å². The third-order valence-electron chi connectivity index (χ3n) is 3.28. The minimum Gasteiger partial charge on any atom is -0.489 e. The molecule has 2 aromatic carbocycles. The lowest BCUT2D eigenvalue weighted by molar-refractivity contribution is 0.0981. The first-order chi connectivity index (χ1) is 10.2. The van der Waals surface area contributed by atoms with E-state index in [-0.39, 0.29) is 5.78 Å². The van der Waals surface area contributed by atoms with Crippen molar-refractivity contribution >= 4 is 17.4 Å². The number of hydrogen-bond donors (Lipinski definition) is 0. The van der Waals surface area contributed by atoms with Crippen LogP contribution in [0.25, 0.3) is 0 Å². The maximum absolute atomic E-state index is 12.0. The van der Waals surface area contributed by atoms with Gasteiger partial charge in [0.05, 0.1) is 0 Å². The van der Waals surface area contributed by atoms with Gasteiger partial charge in [0, 0.05) is 17.9 Å². The summed E-state index contributed by atoms with van der Waals surface area (Å²) in [5.41, 5.74) is 2.82. The molecule has 3 heteroatoms. The molecule has 0 bridgehead atoms. The Morgan fingerprint density at radius 1 is 1.14 bits per heavy atom. The van der Waals surface area contributed by atoms with E-state index in [9.17, 15) is 4.79 Å². The van der Waals surface area contributed by atoms with Gasteiger partial charge in [0.15, 0.2) is 5.78 Å². The lowest BCUT2D eigenvalue weighted by atomic mass is 10.0. The SMILES string of the molecule is Cc1cc(OCc2ccccc2)ccc1C(=O)CCCCl. The Morgan fingerprint density at radius 3 is 2.57 bits per heavy atom. The van der Waals surface area contributed by atoms with Crippen LogP contribution in [0.5, 0.6) is 5.75 Å². The highest BCUT2D eigenvalue weighted by molar-refractivity contribution is 6.18. The van der Waals surface area contributed by atoms with Crippen molar-refractivity contribution in [3.63, 3.8) is 0 Å². The van der Waals surface area contributed by atoms with E-state index in [0.29, 0.717) is 25.3 Å². The molecule has 0 aliphatic heterocycles. The van der Waals surface area contributed by atoms with Crippen molar-refractivity contribution in [3.8, 4) is 5.75 Å². The number of rotatable bonds is 7. The first kappa shape index (κ1) is 15.6. The van der Waals surface area contributed by atoms with Crippen LogP contribution in [0.4, 0.5) is 0 Å². The second-order valence-electron chi connectivity index (χ2n) is 4.97. The average Bonchev–Trinajstić information content (AvgIpc) is 2.51. The van der Waals surface area contributed by atoms with E-state index in [1.807, 2.05) is 55.5 Å². The molecule has 0 amide bonds. The van der Waals surface area contributed by atoms with Crippen molar-refractivity contribution in [2.75, 3.05) is 5.88 Å². The highest BCUT2D eigenvalue weighted by Crippen LogP contribution is 2.20. The lowest BCUT2D eigenvalue weighted by Crippen LogP contribution is -2.03. The summed E-state index contributed by atoms with van der Waals surface area (Å²) in [5, 5.41) is 0. The van der Waals surface area contributed by atoms with Crippen LogP contribution in [0.2, 0.25) is 0 Å². The fraction of sp³-hybridized carbons (Fsp3) is 0.278. The third-order valence-corrected chi connectivity index (χ3v) is 3.55. The van der Waals surface area contributed by atoms with Crippen molar-refractivity contribution < 1.29 is 9.53 Å². The van der Waals surface area contributed by atoms with Gasteiger partial charge in [-0.1, -0.05) is 30.3 Å². The molecule has 0 aromatic heterocycles. The molecule has 0 fully saturated rings. The quantitative estimate of drug-likeness (QED) is 0.543. The number of Topliss-reactive ketones (excluding diaryl/α,β-unsaturated/α-hetero) is 1. The molecule has 21 heavy (non-hydrogen) atoms. The molecule has 0 saturated carbocycles. The standard InChI is InChI=1S/C18H19ClO2/c1-14-12-16(21-13-15-6-3-2-4-7-15)9-10-17(14)18(20)8-5-11-19/h2-4,6-7,9-10,12H,5,8,11,13H2,1H3. The molecule has 0 radical (unpaired) electrons. The maximum Gasteiger partial charge on any atom is 0.163 e. The molecule has 0 atom stereocenters. The molecule has 0 heterocycles. The number of hydrogen-bond acceptors (Lipinski definition) is 2. The first-order valence-corrected chi connectivity index (χ1v) is 7.60. The van der Waals surface area contributed by atoms with Gasteiger partial charge in [-0.2, -0.15) is 0 Å². The van der Waals surface area contributed by atoms with Crippen LogP contribution >= 0.6 is 11.6 Å². The second kappa shape index (κ2) is 7.84. The minimum atomic E-state index is 0.141. The predicted molar refractivity (Wildman–Crippen MR) is 86.2 cm³/mol. The molecule has 2 aromatic rings. The van der Waals surface area contributed by atoms with Crippen LogP contribution in [0.3, 0.4) is 0 Å². The number of aryl methyl sites for hydroxylation is 1. The Bertz CT molecular complexity index is 593. The molecule has 0 N–H and O–H groups in total. The third kappa shape index (κ3) is 4.61. The second-order valence-corrected chi connectivity index (χ2v) is 5.34. The summed E-state index contributed by atoms with van der Waals surface area (Å²) in [4.78, 5) is 12.0. The van der Waals surface area contributed by atoms with Crippen LogP contribution in [0.15, 0.2) is 48.5 Å².